The van der Waals surface area contributed by atoms with Gasteiger partial charge in [0.2, 0.25) is 0 Å². The number of nitrogens with one attached hydrogen (secondary N) is 1. The zero-order valence-electron chi connectivity index (χ0n) is 12.6. The third-order valence-electron chi connectivity index (χ3n) is 3.92. The average Bonchev–Trinajstić information content (AvgIpc) is 3.07. The number of fused-ring (bicyclic) bond motifs is 1. The molecule has 4 nitrogen and oxygen atoms in total. The predicted octanol–water partition coefficient (Wildman–Crippen LogP) is 3.57. The van der Waals surface area contributed by atoms with Crippen LogP contribution in [-0.2, 0) is 18.0 Å². The Bertz CT molecular complexity index is 651. The monoisotopic (exact) mass is 349 g/mol. The first-order chi connectivity index (χ1) is 10.1. The highest BCUT2D eigenvalue weighted by molar-refractivity contribution is 9.10. The molecule has 5 heteroatoms. The Hall–Kier alpha value is -1.17. The summed E-state index contributed by atoms with van der Waals surface area (Å²) in [6.07, 6.45) is 1.87. The molecule has 1 unspecified atom stereocenters. The van der Waals surface area contributed by atoms with Gasteiger partial charge in [-0.3, -0.25) is 4.68 Å². The van der Waals surface area contributed by atoms with Crippen LogP contribution in [0.25, 0.3) is 0 Å². The van der Waals surface area contributed by atoms with Gasteiger partial charge in [0.25, 0.3) is 0 Å². The second-order valence-corrected chi connectivity index (χ2v) is 6.51. The number of rotatable bonds is 4. The number of hydrogen-bond acceptors (Lipinski definition) is 3. The summed E-state index contributed by atoms with van der Waals surface area (Å²) < 4.78 is 8.61. The summed E-state index contributed by atoms with van der Waals surface area (Å²) in [6.45, 7) is 5.73. The largest absolute Gasteiger partial charge is 0.372 e. The Labute approximate surface area is 133 Å². The second-order valence-electron chi connectivity index (χ2n) is 5.66. The Balaban J connectivity index is 2.05. The number of aromatic nitrogens is 2. The fourth-order valence-electron chi connectivity index (χ4n) is 2.87. The maximum Gasteiger partial charge on any atom is 0.0757 e. The minimum absolute atomic E-state index is 0.107. The van der Waals surface area contributed by atoms with Gasteiger partial charge in [-0.05, 0) is 53.5 Å². The lowest BCUT2D eigenvalue weighted by Gasteiger charge is -2.21. The molecule has 0 bridgehead atoms. The van der Waals surface area contributed by atoms with E-state index in [0.29, 0.717) is 12.6 Å². The summed E-state index contributed by atoms with van der Waals surface area (Å²) >= 11 is 3.64. The lowest BCUT2D eigenvalue weighted by molar-refractivity contribution is 0.134. The van der Waals surface area contributed by atoms with Crippen LogP contribution in [0.5, 0.6) is 0 Å². The fraction of sp³-hybridized carbons (Fsp3) is 0.438. The van der Waals surface area contributed by atoms with Crippen molar-refractivity contribution in [3.05, 3.63) is 51.3 Å². The highest BCUT2D eigenvalue weighted by atomic mass is 79.9. The van der Waals surface area contributed by atoms with E-state index in [1.807, 2.05) is 13.2 Å². The number of benzene rings is 1. The van der Waals surface area contributed by atoms with E-state index in [1.165, 1.54) is 16.7 Å². The summed E-state index contributed by atoms with van der Waals surface area (Å²) in [5.41, 5.74) is 4.99. The normalized spacial score (nSPS) is 15.5. The molecule has 2 heterocycles. The van der Waals surface area contributed by atoms with Crippen molar-refractivity contribution in [3.8, 4) is 0 Å². The molecule has 1 N–H and O–H groups in total. The van der Waals surface area contributed by atoms with E-state index < -0.39 is 0 Å². The van der Waals surface area contributed by atoms with E-state index >= 15 is 0 Å². The van der Waals surface area contributed by atoms with Crippen LogP contribution in [0.1, 0.15) is 48.3 Å². The predicted molar refractivity (Wildman–Crippen MR) is 86.1 cm³/mol. The van der Waals surface area contributed by atoms with E-state index in [1.54, 1.807) is 0 Å². The van der Waals surface area contributed by atoms with E-state index in [4.69, 9.17) is 4.74 Å². The van der Waals surface area contributed by atoms with Crippen molar-refractivity contribution < 1.29 is 4.74 Å². The standard InChI is InChI=1S/C16H20BrN3O/c1-10(2)20-16(14(17)7-19-20)15(18-3)11-4-5-12-8-21-9-13(12)6-11/h4-7,10,15,18H,8-9H2,1-3H3. The summed E-state index contributed by atoms with van der Waals surface area (Å²) in [4.78, 5) is 0. The second kappa shape index (κ2) is 5.91. The number of ether oxygens (including phenoxy) is 1. The Kier molecular flexibility index (Phi) is 4.15. The molecule has 3 rings (SSSR count). The molecule has 0 saturated carbocycles. The summed E-state index contributed by atoms with van der Waals surface area (Å²) in [7, 11) is 1.98. The van der Waals surface area contributed by atoms with Gasteiger partial charge in [-0.25, -0.2) is 0 Å². The van der Waals surface area contributed by atoms with E-state index in [0.717, 1.165) is 16.8 Å². The molecule has 0 spiro atoms. The van der Waals surface area contributed by atoms with Crippen LogP contribution >= 0.6 is 15.9 Å². The van der Waals surface area contributed by atoms with Gasteiger partial charge in [0, 0.05) is 6.04 Å². The molecule has 2 aromatic rings. The molecule has 21 heavy (non-hydrogen) atoms. The van der Waals surface area contributed by atoms with Crippen LogP contribution in [-0.4, -0.2) is 16.8 Å². The molecule has 0 saturated heterocycles. The van der Waals surface area contributed by atoms with Crippen LogP contribution in [0.15, 0.2) is 28.9 Å². The van der Waals surface area contributed by atoms with Crippen molar-refractivity contribution in [3.63, 3.8) is 0 Å². The van der Waals surface area contributed by atoms with Gasteiger partial charge in [0.15, 0.2) is 0 Å². The first kappa shape index (κ1) is 14.8. The van der Waals surface area contributed by atoms with Gasteiger partial charge >= 0.3 is 0 Å². The highest BCUT2D eigenvalue weighted by Crippen LogP contribution is 2.32. The molecule has 1 aromatic carbocycles. The van der Waals surface area contributed by atoms with E-state index in [2.05, 4.69) is 63.1 Å². The summed E-state index contributed by atoms with van der Waals surface area (Å²) in [5.74, 6) is 0. The van der Waals surface area contributed by atoms with Crippen molar-refractivity contribution in [2.24, 2.45) is 0 Å². The average molecular weight is 350 g/mol. The van der Waals surface area contributed by atoms with Gasteiger partial charge in [-0.15, -0.1) is 0 Å². The Morgan fingerprint density at radius 3 is 2.76 bits per heavy atom. The topological polar surface area (TPSA) is 39.1 Å². The minimum atomic E-state index is 0.107. The lowest BCUT2D eigenvalue weighted by atomic mass is 9.99. The van der Waals surface area contributed by atoms with Crippen LogP contribution in [0.3, 0.4) is 0 Å². The fourth-order valence-corrected chi connectivity index (χ4v) is 3.37. The lowest BCUT2D eigenvalue weighted by Crippen LogP contribution is -2.23. The van der Waals surface area contributed by atoms with Crippen LogP contribution in [0.2, 0.25) is 0 Å². The number of halogens is 1. The SMILES string of the molecule is CNC(c1ccc2c(c1)COC2)c1c(Br)cnn1C(C)C. The van der Waals surface area contributed by atoms with Gasteiger partial charge in [-0.2, -0.15) is 5.10 Å². The van der Waals surface area contributed by atoms with Crippen molar-refractivity contribution in [2.45, 2.75) is 39.1 Å². The van der Waals surface area contributed by atoms with Crippen molar-refractivity contribution in [1.82, 2.24) is 15.1 Å². The first-order valence-electron chi connectivity index (χ1n) is 7.21. The molecular formula is C16H20BrN3O. The van der Waals surface area contributed by atoms with Crippen LogP contribution in [0.4, 0.5) is 0 Å². The van der Waals surface area contributed by atoms with Gasteiger partial charge in [0.05, 0.1) is 35.6 Å². The van der Waals surface area contributed by atoms with Crippen LogP contribution in [0, 0.1) is 0 Å². The Morgan fingerprint density at radius 1 is 1.29 bits per heavy atom. The summed E-state index contributed by atoms with van der Waals surface area (Å²) in [6, 6.07) is 7.02. The molecule has 0 fully saturated rings. The number of nitrogens with zero attached hydrogens (tertiary/aromatic N) is 2. The molecule has 1 atom stereocenters. The summed E-state index contributed by atoms with van der Waals surface area (Å²) in [5, 5.41) is 7.90. The maximum atomic E-state index is 5.51. The quantitative estimate of drug-likeness (QED) is 0.916. The smallest absolute Gasteiger partial charge is 0.0757 e. The number of hydrogen-bond donors (Lipinski definition) is 1. The Morgan fingerprint density at radius 2 is 2.05 bits per heavy atom. The first-order valence-corrected chi connectivity index (χ1v) is 8.00. The molecule has 1 aliphatic rings. The van der Waals surface area contributed by atoms with Gasteiger partial charge in [-0.1, -0.05) is 18.2 Å². The molecule has 0 aliphatic carbocycles. The molecule has 0 amide bonds. The molecular weight excluding hydrogens is 330 g/mol. The van der Waals surface area contributed by atoms with E-state index in [-0.39, 0.29) is 6.04 Å². The molecule has 1 aliphatic heterocycles. The van der Waals surface area contributed by atoms with Crippen molar-refractivity contribution in [1.29, 1.82) is 0 Å². The maximum absolute atomic E-state index is 5.51. The van der Waals surface area contributed by atoms with E-state index in [9.17, 15) is 0 Å². The highest BCUT2D eigenvalue weighted by Gasteiger charge is 2.23. The molecule has 112 valence electrons. The van der Waals surface area contributed by atoms with Crippen molar-refractivity contribution >= 4 is 15.9 Å². The van der Waals surface area contributed by atoms with Crippen molar-refractivity contribution in [2.75, 3.05) is 7.05 Å². The van der Waals surface area contributed by atoms with Gasteiger partial charge < -0.3 is 10.1 Å². The van der Waals surface area contributed by atoms with Crippen LogP contribution < -0.4 is 5.32 Å². The van der Waals surface area contributed by atoms with Gasteiger partial charge in [0.1, 0.15) is 0 Å². The third-order valence-corrected chi connectivity index (χ3v) is 4.53. The molecule has 1 aromatic heterocycles. The third kappa shape index (κ3) is 2.65. The minimum Gasteiger partial charge on any atom is -0.372 e. The zero-order valence-corrected chi connectivity index (χ0v) is 14.1. The molecule has 0 radical (unpaired) electrons. The zero-order chi connectivity index (χ0) is 15.0.